The van der Waals surface area contributed by atoms with Crippen LogP contribution in [-0.2, 0) is 14.8 Å². The van der Waals surface area contributed by atoms with Crippen molar-refractivity contribution in [3.05, 3.63) is 24.3 Å². The van der Waals surface area contributed by atoms with Crippen LogP contribution >= 0.6 is 12.4 Å². The number of anilines is 1. The Morgan fingerprint density at radius 2 is 2.00 bits per heavy atom. The lowest BCUT2D eigenvalue weighted by Gasteiger charge is -2.16. The molecule has 1 aliphatic rings. The highest BCUT2D eigenvalue weighted by Crippen LogP contribution is 2.30. The van der Waals surface area contributed by atoms with Gasteiger partial charge in [-0.15, -0.1) is 12.4 Å². The van der Waals surface area contributed by atoms with E-state index in [1.807, 2.05) is 6.92 Å². The van der Waals surface area contributed by atoms with Crippen molar-refractivity contribution in [1.82, 2.24) is 4.72 Å². The number of hydrogen-bond acceptors (Lipinski definition) is 4. The van der Waals surface area contributed by atoms with Gasteiger partial charge >= 0.3 is 0 Å². The van der Waals surface area contributed by atoms with Crippen LogP contribution in [0.15, 0.2) is 29.2 Å². The van der Waals surface area contributed by atoms with Gasteiger partial charge in [0.2, 0.25) is 15.9 Å². The highest BCUT2D eigenvalue weighted by Gasteiger charge is 2.22. The molecular formula is C17H28ClN3O3S. The molecule has 0 aromatic heterocycles. The number of nitrogens with one attached hydrogen (secondary N) is 2. The zero-order valence-corrected chi connectivity index (χ0v) is 16.2. The molecule has 1 saturated carbocycles. The molecule has 1 aromatic carbocycles. The summed E-state index contributed by atoms with van der Waals surface area (Å²) in [5.41, 5.74) is 5.82. The van der Waals surface area contributed by atoms with Crippen molar-refractivity contribution in [2.24, 2.45) is 17.6 Å². The molecule has 0 radical (unpaired) electrons. The number of halogens is 1. The summed E-state index contributed by atoms with van der Waals surface area (Å²) in [5.74, 6) is 0.494. The smallest absolute Gasteiger partial charge is 0.240 e. The normalized spacial score (nSPS) is 16.2. The maximum absolute atomic E-state index is 12.3. The Bertz CT molecular complexity index is 661. The molecule has 1 unspecified atom stereocenters. The summed E-state index contributed by atoms with van der Waals surface area (Å²) in [5, 5.41) is 2.83. The zero-order valence-electron chi connectivity index (χ0n) is 14.5. The zero-order chi connectivity index (χ0) is 17.6. The van der Waals surface area contributed by atoms with Gasteiger partial charge in [0.05, 0.1) is 4.90 Å². The van der Waals surface area contributed by atoms with E-state index in [0.29, 0.717) is 11.6 Å². The maximum Gasteiger partial charge on any atom is 0.240 e. The number of nitrogens with two attached hydrogens (primary N) is 1. The largest absolute Gasteiger partial charge is 0.329 e. The molecule has 2 rings (SSSR count). The summed E-state index contributed by atoms with van der Waals surface area (Å²) in [7, 11) is -3.60. The lowest BCUT2D eigenvalue weighted by molar-refractivity contribution is -0.119. The molecule has 1 aromatic rings. The Hall–Kier alpha value is -1.15. The lowest BCUT2D eigenvalue weighted by atomic mass is 9.94. The summed E-state index contributed by atoms with van der Waals surface area (Å²) in [6.07, 6.45) is 5.82. The molecule has 1 aliphatic carbocycles. The van der Waals surface area contributed by atoms with Crippen LogP contribution < -0.4 is 15.8 Å². The average molecular weight is 390 g/mol. The molecule has 6 nitrogen and oxygen atoms in total. The Kier molecular flexibility index (Phi) is 8.85. The third-order valence-corrected chi connectivity index (χ3v) is 5.92. The summed E-state index contributed by atoms with van der Waals surface area (Å²) in [6.45, 7) is 2.34. The maximum atomic E-state index is 12.3. The van der Waals surface area contributed by atoms with Gasteiger partial charge in [-0.2, -0.15) is 0 Å². The van der Waals surface area contributed by atoms with Crippen LogP contribution in [0.25, 0.3) is 0 Å². The highest BCUT2D eigenvalue weighted by molar-refractivity contribution is 7.89. The van der Waals surface area contributed by atoms with Crippen molar-refractivity contribution in [3.63, 3.8) is 0 Å². The predicted molar refractivity (Wildman–Crippen MR) is 102 cm³/mol. The van der Waals surface area contributed by atoms with Gasteiger partial charge in [-0.25, -0.2) is 13.1 Å². The summed E-state index contributed by atoms with van der Waals surface area (Å²) in [6, 6.07) is 6.28. The second-order valence-electron chi connectivity index (χ2n) is 6.49. The Balaban J connectivity index is 0.00000312. The quantitative estimate of drug-likeness (QED) is 0.635. The van der Waals surface area contributed by atoms with Crippen molar-refractivity contribution in [2.45, 2.75) is 43.9 Å². The van der Waals surface area contributed by atoms with Gasteiger partial charge in [-0.3, -0.25) is 4.79 Å². The van der Waals surface area contributed by atoms with Crippen LogP contribution in [0, 0.1) is 11.8 Å². The van der Waals surface area contributed by atoms with E-state index in [0.717, 1.165) is 6.42 Å². The highest BCUT2D eigenvalue weighted by atomic mass is 35.5. The molecule has 25 heavy (non-hydrogen) atoms. The number of carbonyl (C=O) groups excluding carboxylic acids is 1. The monoisotopic (exact) mass is 389 g/mol. The van der Waals surface area contributed by atoms with Crippen molar-refractivity contribution >= 4 is 34.0 Å². The molecule has 0 saturated heterocycles. The van der Waals surface area contributed by atoms with E-state index in [4.69, 9.17) is 5.73 Å². The predicted octanol–water partition coefficient (Wildman–Crippen LogP) is 2.50. The van der Waals surface area contributed by atoms with Gasteiger partial charge < -0.3 is 11.1 Å². The van der Waals surface area contributed by atoms with E-state index in [9.17, 15) is 13.2 Å². The fourth-order valence-electron chi connectivity index (χ4n) is 3.14. The minimum absolute atomic E-state index is 0. The summed E-state index contributed by atoms with van der Waals surface area (Å²) < 4.78 is 26.6. The SMILES string of the molecule is CC(CC1CCCC1)C(=O)Nc1cccc(S(=O)(=O)NCCN)c1.Cl. The minimum atomic E-state index is -3.60. The van der Waals surface area contributed by atoms with Crippen molar-refractivity contribution in [1.29, 1.82) is 0 Å². The van der Waals surface area contributed by atoms with Crippen LogP contribution in [0.4, 0.5) is 5.69 Å². The Labute approximate surface area is 156 Å². The number of carbonyl (C=O) groups is 1. The minimum Gasteiger partial charge on any atom is -0.329 e. The first-order valence-electron chi connectivity index (χ1n) is 8.53. The number of amides is 1. The van der Waals surface area contributed by atoms with Crippen molar-refractivity contribution < 1.29 is 13.2 Å². The van der Waals surface area contributed by atoms with Crippen molar-refractivity contribution in [3.8, 4) is 0 Å². The molecule has 1 atom stereocenters. The molecule has 1 fully saturated rings. The second-order valence-corrected chi connectivity index (χ2v) is 8.26. The van der Waals surface area contributed by atoms with Gasteiger partial charge in [0.25, 0.3) is 0 Å². The van der Waals surface area contributed by atoms with E-state index in [2.05, 4.69) is 10.0 Å². The third kappa shape index (κ3) is 6.58. The first kappa shape index (κ1) is 21.9. The molecule has 0 bridgehead atoms. The van der Waals surface area contributed by atoms with Gasteiger partial charge in [0.1, 0.15) is 0 Å². The number of benzene rings is 1. The van der Waals surface area contributed by atoms with E-state index in [1.54, 1.807) is 12.1 Å². The number of rotatable bonds is 8. The number of sulfonamides is 1. The van der Waals surface area contributed by atoms with Crippen LogP contribution in [0.1, 0.15) is 39.0 Å². The average Bonchev–Trinajstić information content (AvgIpc) is 3.06. The van der Waals surface area contributed by atoms with E-state index < -0.39 is 10.0 Å². The molecule has 4 N–H and O–H groups in total. The van der Waals surface area contributed by atoms with Gasteiger partial charge in [-0.05, 0) is 30.5 Å². The molecule has 1 amide bonds. The van der Waals surface area contributed by atoms with Crippen LogP contribution in [0.5, 0.6) is 0 Å². The Morgan fingerprint density at radius 1 is 1.32 bits per heavy atom. The first-order valence-corrected chi connectivity index (χ1v) is 10.0. The van der Waals surface area contributed by atoms with E-state index in [-0.39, 0.29) is 42.2 Å². The fourth-order valence-corrected chi connectivity index (χ4v) is 4.23. The van der Waals surface area contributed by atoms with Crippen LogP contribution in [0.2, 0.25) is 0 Å². The van der Waals surface area contributed by atoms with Gasteiger partial charge in [0.15, 0.2) is 0 Å². The van der Waals surface area contributed by atoms with E-state index in [1.165, 1.54) is 37.8 Å². The van der Waals surface area contributed by atoms with Crippen molar-refractivity contribution in [2.75, 3.05) is 18.4 Å². The molecule has 0 heterocycles. The molecule has 0 aliphatic heterocycles. The second kappa shape index (κ2) is 10.1. The van der Waals surface area contributed by atoms with E-state index >= 15 is 0 Å². The summed E-state index contributed by atoms with van der Waals surface area (Å²) >= 11 is 0. The summed E-state index contributed by atoms with van der Waals surface area (Å²) in [4.78, 5) is 12.5. The Morgan fingerprint density at radius 3 is 2.64 bits per heavy atom. The first-order chi connectivity index (χ1) is 11.4. The topological polar surface area (TPSA) is 101 Å². The standard InChI is InChI=1S/C17H27N3O3S.ClH/c1-13(11-14-5-2-3-6-14)17(21)20-15-7-4-8-16(12-15)24(22,23)19-10-9-18;/h4,7-8,12-14,19H,2-3,5-6,9-11,18H2,1H3,(H,20,21);1H. The van der Waals surface area contributed by atoms with Gasteiger partial charge in [0, 0.05) is 24.7 Å². The third-order valence-electron chi connectivity index (χ3n) is 4.46. The van der Waals surface area contributed by atoms with Crippen LogP contribution in [-0.4, -0.2) is 27.4 Å². The van der Waals surface area contributed by atoms with Crippen LogP contribution in [0.3, 0.4) is 0 Å². The molecule has 0 spiro atoms. The molecule has 8 heteroatoms. The van der Waals surface area contributed by atoms with Gasteiger partial charge in [-0.1, -0.05) is 38.7 Å². The molecular weight excluding hydrogens is 362 g/mol. The fraction of sp³-hybridized carbons (Fsp3) is 0.588. The molecule has 142 valence electrons. The number of hydrogen-bond donors (Lipinski definition) is 3. The lowest BCUT2D eigenvalue weighted by Crippen LogP contribution is -2.29.